The van der Waals surface area contributed by atoms with Crippen LogP contribution in [0.1, 0.15) is 32.6 Å². The van der Waals surface area contributed by atoms with Gasteiger partial charge >= 0.3 is 5.69 Å². The van der Waals surface area contributed by atoms with E-state index >= 15 is 0 Å². The molecule has 0 N–H and O–H groups in total. The van der Waals surface area contributed by atoms with E-state index in [2.05, 4.69) is 10.2 Å². The van der Waals surface area contributed by atoms with Crippen LogP contribution in [0.4, 0.5) is 0 Å². The molecular formula is C22H25N5O4. The van der Waals surface area contributed by atoms with Gasteiger partial charge in [-0.25, -0.2) is 4.79 Å². The maximum Gasteiger partial charge on any atom is 0.329 e. The number of imidazole rings is 1. The number of hydrogen-bond donors (Lipinski definition) is 0. The molecule has 0 unspecified atom stereocenters. The third kappa shape index (κ3) is 4.16. The van der Waals surface area contributed by atoms with Gasteiger partial charge in [-0.2, -0.15) is 0 Å². The van der Waals surface area contributed by atoms with Crippen molar-refractivity contribution in [2.45, 2.75) is 46.3 Å². The minimum atomic E-state index is -0.180. The fourth-order valence-electron chi connectivity index (χ4n) is 3.64. The van der Waals surface area contributed by atoms with Crippen molar-refractivity contribution in [2.75, 3.05) is 6.54 Å². The van der Waals surface area contributed by atoms with Crippen molar-refractivity contribution in [3.63, 3.8) is 0 Å². The van der Waals surface area contributed by atoms with Gasteiger partial charge < -0.3 is 13.7 Å². The quantitative estimate of drug-likeness (QED) is 0.410. The van der Waals surface area contributed by atoms with Crippen molar-refractivity contribution in [2.24, 2.45) is 0 Å². The molecule has 3 aromatic heterocycles. The Labute approximate surface area is 178 Å². The van der Waals surface area contributed by atoms with Crippen molar-refractivity contribution in [1.82, 2.24) is 24.2 Å². The minimum absolute atomic E-state index is 0.0464. The van der Waals surface area contributed by atoms with Gasteiger partial charge in [0.05, 0.1) is 23.8 Å². The largest absolute Gasteiger partial charge is 0.459 e. The summed E-state index contributed by atoms with van der Waals surface area (Å²) in [5, 5.41) is 8.02. The molecule has 31 heavy (non-hydrogen) atoms. The maximum atomic E-state index is 13.2. The molecular weight excluding hydrogens is 398 g/mol. The Morgan fingerprint density at radius 3 is 2.48 bits per heavy atom. The van der Waals surface area contributed by atoms with E-state index < -0.39 is 0 Å². The van der Waals surface area contributed by atoms with Crippen molar-refractivity contribution in [3.8, 4) is 11.7 Å². The number of aromatic nitrogens is 4. The van der Waals surface area contributed by atoms with Crippen LogP contribution in [0, 0.1) is 0 Å². The van der Waals surface area contributed by atoms with Gasteiger partial charge in [0.2, 0.25) is 11.8 Å². The standard InChI is InChI=1S/C22H25N5O4/c1-3-11-25(14-19-23-24-21(31-19)18-10-7-13-30-18)20(28)15-27-17-9-6-5-8-16(17)26(12-4-2)22(27)29/h5-10,13H,3-4,11-12,14-15H2,1-2H3. The second-order valence-electron chi connectivity index (χ2n) is 7.30. The number of carbonyl (C=O) groups is 1. The normalized spacial score (nSPS) is 11.3. The van der Waals surface area contributed by atoms with E-state index in [0.717, 1.165) is 23.9 Å². The first-order valence-corrected chi connectivity index (χ1v) is 10.4. The molecule has 0 saturated carbocycles. The Hall–Kier alpha value is -3.62. The fraction of sp³-hybridized carbons (Fsp3) is 0.364. The van der Waals surface area contributed by atoms with Gasteiger partial charge in [0.1, 0.15) is 6.54 Å². The van der Waals surface area contributed by atoms with Gasteiger partial charge in [-0.1, -0.05) is 26.0 Å². The summed E-state index contributed by atoms with van der Waals surface area (Å²) in [4.78, 5) is 27.8. The first kappa shape index (κ1) is 20.6. The number of furan rings is 1. The lowest BCUT2D eigenvalue weighted by Crippen LogP contribution is -2.37. The molecule has 0 fully saturated rings. The molecule has 0 aliphatic carbocycles. The maximum absolute atomic E-state index is 13.2. The third-order valence-electron chi connectivity index (χ3n) is 5.04. The van der Waals surface area contributed by atoms with Gasteiger partial charge in [-0.15, -0.1) is 10.2 Å². The number of para-hydroxylation sites is 2. The molecule has 4 rings (SSSR count). The third-order valence-corrected chi connectivity index (χ3v) is 5.04. The summed E-state index contributed by atoms with van der Waals surface area (Å²) in [5.74, 6) is 0.875. The van der Waals surface area contributed by atoms with Crippen LogP contribution >= 0.6 is 0 Å². The highest BCUT2D eigenvalue weighted by atomic mass is 16.4. The molecule has 0 saturated heterocycles. The number of benzene rings is 1. The predicted molar refractivity (Wildman–Crippen MR) is 114 cm³/mol. The highest BCUT2D eigenvalue weighted by Crippen LogP contribution is 2.19. The number of nitrogens with zero attached hydrogens (tertiary/aromatic N) is 5. The molecule has 0 aliphatic rings. The molecule has 162 valence electrons. The number of aryl methyl sites for hydroxylation is 1. The lowest BCUT2D eigenvalue weighted by Gasteiger charge is -2.20. The summed E-state index contributed by atoms with van der Waals surface area (Å²) in [5.41, 5.74) is 1.42. The lowest BCUT2D eigenvalue weighted by molar-refractivity contribution is -0.132. The molecule has 0 spiro atoms. The van der Waals surface area contributed by atoms with E-state index in [4.69, 9.17) is 8.83 Å². The molecule has 0 radical (unpaired) electrons. The average Bonchev–Trinajstić information content (AvgIpc) is 3.51. The van der Waals surface area contributed by atoms with Gasteiger partial charge in [0.15, 0.2) is 5.76 Å². The highest BCUT2D eigenvalue weighted by molar-refractivity contribution is 5.81. The molecule has 1 amide bonds. The van der Waals surface area contributed by atoms with Gasteiger partial charge in [0.25, 0.3) is 5.89 Å². The molecule has 9 nitrogen and oxygen atoms in total. The number of amides is 1. The van der Waals surface area contributed by atoms with Gasteiger partial charge in [-0.05, 0) is 37.1 Å². The van der Waals surface area contributed by atoms with Crippen LogP contribution in [-0.4, -0.2) is 36.7 Å². The number of fused-ring (bicyclic) bond motifs is 1. The lowest BCUT2D eigenvalue weighted by atomic mass is 10.3. The van der Waals surface area contributed by atoms with Crippen molar-refractivity contribution >= 4 is 16.9 Å². The van der Waals surface area contributed by atoms with E-state index in [1.807, 2.05) is 38.1 Å². The van der Waals surface area contributed by atoms with Crippen molar-refractivity contribution < 1.29 is 13.6 Å². The Balaban J connectivity index is 1.57. The molecule has 0 aliphatic heterocycles. The predicted octanol–water partition coefficient (Wildman–Crippen LogP) is 3.29. The Morgan fingerprint density at radius 1 is 1.03 bits per heavy atom. The Morgan fingerprint density at radius 2 is 1.81 bits per heavy atom. The zero-order chi connectivity index (χ0) is 21.8. The summed E-state index contributed by atoms with van der Waals surface area (Å²) in [6, 6.07) is 11.0. The summed E-state index contributed by atoms with van der Waals surface area (Å²) < 4.78 is 14.2. The van der Waals surface area contributed by atoms with Crippen LogP contribution in [0.5, 0.6) is 0 Å². The van der Waals surface area contributed by atoms with Crippen LogP contribution in [0.25, 0.3) is 22.7 Å². The van der Waals surface area contributed by atoms with Crippen LogP contribution in [0.2, 0.25) is 0 Å². The molecule has 3 heterocycles. The molecule has 4 aromatic rings. The Bertz CT molecular complexity index is 1220. The summed E-state index contributed by atoms with van der Waals surface area (Å²) in [6.45, 7) is 5.25. The molecule has 0 bridgehead atoms. The monoisotopic (exact) mass is 423 g/mol. The first-order chi connectivity index (χ1) is 15.1. The van der Waals surface area contributed by atoms with Crippen LogP contribution in [0.3, 0.4) is 0 Å². The molecule has 9 heteroatoms. The van der Waals surface area contributed by atoms with Gasteiger partial charge in [-0.3, -0.25) is 13.9 Å². The summed E-state index contributed by atoms with van der Waals surface area (Å²) in [7, 11) is 0. The highest BCUT2D eigenvalue weighted by Gasteiger charge is 2.21. The van der Waals surface area contributed by atoms with Crippen LogP contribution < -0.4 is 5.69 Å². The number of hydrogen-bond acceptors (Lipinski definition) is 6. The van der Waals surface area contributed by atoms with E-state index in [-0.39, 0.29) is 30.6 Å². The number of carbonyl (C=O) groups excluding carboxylic acids is 1. The second-order valence-corrected chi connectivity index (χ2v) is 7.30. The van der Waals surface area contributed by atoms with E-state index in [9.17, 15) is 9.59 Å². The zero-order valence-electron chi connectivity index (χ0n) is 17.7. The van der Waals surface area contributed by atoms with Crippen molar-refractivity contribution in [1.29, 1.82) is 0 Å². The first-order valence-electron chi connectivity index (χ1n) is 10.4. The molecule has 1 aromatic carbocycles. The van der Waals surface area contributed by atoms with Crippen LogP contribution in [-0.2, 0) is 24.4 Å². The fourth-order valence-corrected chi connectivity index (χ4v) is 3.64. The Kier molecular flexibility index (Phi) is 6.01. The minimum Gasteiger partial charge on any atom is -0.459 e. The van der Waals surface area contributed by atoms with E-state index in [1.54, 1.807) is 21.6 Å². The van der Waals surface area contributed by atoms with E-state index in [1.165, 1.54) is 10.8 Å². The summed E-state index contributed by atoms with van der Waals surface area (Å²) >= 11 is 0. The second kappa shape index (κ2) is 9.03. The average molecular weight is 423 g/mol. The summed E-state index contributed by atoms with van der Waals surface area (Å²) in [6.07, 6.45) is 3.12. The smallest absolute Gasteiger partial charge is 0.329 e. The SMILES string of the molecule is CCCN(Cc1nnc(-c2ccco2)o1)C(=O)Cn1c(=O)n(CCC)c2ccccc21. The van der Waals surface area contributed by atoms with Crippen LogP contribution in [0.15, 0.2) is 56.3 Å². The van der Waals surface area contributed by atoms with E-state index in [0.29, 0.717) is 24.7 Å². The molecule has 0 atom stereocenters. The number of rotatable bonds is 9. The van der Waals surface area contributed by atoms with Gasteiger partial charge in [0, 0.05) is 13.1 Å². The topological polar surface area (TPSA) is 99.3 Å². The van der Waals surface area contributed by atoms with Crippen molar-refractivity contribution in [3.05, 3.63) is 59.0 Å². The zero-order valence-corrected chi connectivity index (χ0v) is 17.7.